The molecular formula is C12H8ClN2O5-. The van der Waals surface area contributed by atoms with Crippen LogP contribution in [0.25, 0.3) is 10.9 Å². The Balaban J connectivity index is 2.99. The molecule has 8 heteroatoms. The summed E-state index contributed by atoms with van der Waals surface area (Å²) in [5, 5.41) is 21.6. The number of carboxylic acids is 1. The molecule has 0 atom stereocenters. The van der Waals surface area contributed by atoms with Crippen molar-refractivity contribution in [3.8, 4) is 0 Å². The van der Waals surface area contributed by atoms with Gasteiger partial charge < -0.3 is 14.5 Å². The average molecular weight is 296 g/mol. The molecule has 0 unspecified atom stereocenters. The first-order valence-corrected chi connectivity index (χ1v) is 5.97. The number of benzene rings is 1. The predicted octanol–water partition coefficient (Wildman–Crippen LogP) is 0.946. The molecule has 0 bridgehead atoms. The van der Waals surface area contributed by atoms with Crippen molar-refractivity contribution in [2.24, 2.45) is 0 Å². The van der Waals surface area contributed by atoms with E-state index >= 15 is 0 Å². The Labute approximate surface area is 117 Å². The van der Waals surface area contributed by atoms with Gasteiger partial charge in [-0.2, -0.15) is 0 Å². The third-order valence-electron chi connectivity index (χ3n) is 2.91. The molecular weight excluding hydrogens is 288 g/mol. The summed E-state index contributed by atoms with van der Waals surface area (Å²) in [6, 6.07) is 2.26. The molecule has 0 radical (unpaired) electrons. The molecule has 0 amide bonds. The molecule has 1 heterocycles. The minimum atomic E-state index is -1.63. The van der Waals surface area contributed by atoms with Gasteiger partial charge in [0.05, 0.1) is 27.4 Å². The first-order valence-electron chi connectivity index (χ1n) is 5.59. The van der Waals surface area contributed by atoms with E-state index in [0.29, 0.717) is 12.1 Å². The maximum absolute atomic E-state index is 12.0. The van der Waals surface area contributed by atoms with E-state index in [4.69, 9.17) is 11.6 Å². The van der Waals surface area contributed by atoms with Gasteiger partial charge >= 0.3 is 0 Å². The van der Waals surface area contributed by atoms with Crippen LogP contribution in [-0.4, -0.2) is 15.5 Å². The van der Waals surface area contributed by atoms with E-state index in [-0.39, 0.29) is 10.4 Å². The molecule has 0 aliphatic heterocycles. The fourth-order valence-electron chi connectivity index (χ4n) is 1.95. The van der Waals surface area contributed by atoms with Gasteiger partial charge in [-0.25, -0.2) is 0 Å². The number of aromatic carboxylic acids is 1. The van der Waals surface area contributed by atoms with Gasteiger partial charge in [-0.15, -0.1) is 0 Å². The van der Waals surface area contributed by atoms with Crippen molar-refractivity contribution in [3.05, 3.63) is 49.3 Å². The summed E-state index contributed by atoms with van der Waals surface area (Å²) < 4.78 is 1.47. The Bertz CT molecular complexity index is 797. The van der Waals surface area contributed by atoms with Crippen LogP contribution in [0.15, 0.2) is 23.1 Å². The standard InChI is InChI=1S/C12H9ClN2O5/c1-2-14-5-7(12(17)18)11(16)6-3-10(15(19)20)8(13)4-9(6)14/h3-5H,2H2,1H3,(H,17,18)/p-1. The Morgan fingerprint density at radius 2 is 2.10 bits per heavy atom. The number of carbonyl (C=O) groups excluding carboxylic acids is 1. The molecule has 0 fully saturated rings. The van der Waals surface area contributed by atoms with Crippen LogP contribution >= 0.6 is 11.6 Å². The topological polar surface area (TPSA) is 105 Å². The monoisotopic (exact) mass is 295 g/mol. The first-order chi connectivity index (χ1) is 9.36. The normalized spacial score (nSPS) is 10.7. The van der Waals surface area contributed by atoms with Crippen molar-refractivity contribution < 1.29 is 14.8 Å². The van der Waals surface area contributed by atoms with Crippen LogP contribution in [0, 0.1) is 10.1 Å². The molecule has 7 nitrogen and oxygen atoms in total. The average Bonchev–Trinajstić information content (AvgIpc) is 2.37. The maximum Gasteiger partial charge on any atom is 0.288 e. The smallest absolute Gasteiger partial charge is 0.288 e. The molecule has 0 N–H and O–H groups in total. The molecule has 2 rings (SSSR count). The molecule has 0 saturated carbocycles. The molecule has 0 saturated heterocycles. The zero-order valence-corrected chi connectivity index (χ0v) is 11.0. The summed E-state index contributed by atoms with van der Waals surface area (Å²) in [5.41, 5.74) is -1.49. The molecule has 0 spiro atoms. The van der Waals surface area contributed by atoms with Crippen LogP contribution in [0.1, 0.15) is 17.3 Å². The number of aromatic nitrogens is 1. The van der Waals surface area contributed by atoms with Gasteiger partial charge in [-0.3, -0.25) is 14.9 Å². The van der Waals surface area contributed by atoms with Gasteiger partial charge in [-0.1, -0.05) is 11.6 Å². The number of rotatable bonds is 3. The number of fused-ring (bicyclic) bond motifs is 1. The first kappa shape index (κ1) is 14.0. The quantitative estimate of drug-likeness (QED) is 0.619. The van der Waals surface area contributed by atoms with Gasteiger partial charge in [0.25, 0.3) is 5.69 Å². The lowest BCUT2D eigenvalue weighted by Crippen LogP contribution is -2.30. The third-order valence-corrected chi connectivity index (χ3v) is 3.21. The highest BCUT2D eigenvalue weighted by atomic mass is 35.5. The second-order valence-electron chi connectivity index (χ2n) is 4.02. The van der Waals surface area contributed by atoms with E-state index < -0.39 is 27.6 Å². The summed E-state index contributed by atoms with van der Waals surface area (Å²) in [7, 11) is 0. The maximum atomic E-state index is 12.0. The van der Waals surface area contributed by atoms with Gasteiger partial charge in [0.1, 0.15) is 5.02 Å². The van der Waals surface area contributed by atoms with Crippen molar-refractivity contribution in [2.45, 2.75) is 13.5 Å². The van der Waals surface area contributed by atoms with Crippen LogP contribution in [0.4, 0.5) is 5.69 Å². The van der Waals surface area contributed by atoms with Crippen molar-refractivity contribution in [1.82, 2.24) is 4.57 Å². The minimum absolute atomic E-state index is 0.0790. The fourth-order valence-corrected chi connectivity index (χ4v) is 2.17. The number of nitrogens with zero attached hydrogens (tertiary/aromatic N) is 2. The number of nitro benzene ring substituents is 1. The zero-order valence-electron chi connectivity index (χ0n) is 10.3. The molecule has 0 aliphatic rings. The number of carbonyl (C=O) groups is 1. The van der Waals surface area contributed by atoms with Crippen molar-refractivity contribution >= 4 is 34.2 Å². The van der Waals surface area contributed by atoms with Crippen molar-refractivity contribution in [3.63, 3.8) is 0 Å². The van der Waals surface area contributed by atoms with Gasteiger partial charge in [0.2, 0.25) is 0 Å². The van der Waals surface area contributed by atoms with Crippen molar-refractivity contribution in [2.75, 3.05) is 0 Å². The molecule has 1 aromatic heterocycles. The van der Waals surface area contributed by atoms with Crippen LogP contribution in [-0.2, 0) is 6.54 Å². The SMILES string of the molecule is CCn1cc(C(=O)[O-])c(=O)c2cc([N+](=O)[O-])c(Cl)cc21. The Kier molecular flexibility index (Phi) is 3.46. The van der Waals surface area contributed by atoms with Gasteiger partial charge in [-0.05, 0) is 13.0 Å². The summed E-state index contributed by atoms with van der Waals surface area (Å²) in [5.74, 6) is -1.63. The van der Waals surface area contributed by atoms with Gasteiger partial charge in [0, 0.05) is 18.8 Å². The molecule has 20 heavy (non-hydrogen) atoms. The van der Waals surface area contributed by atoms with Crippen LogP contribution in [0.5, 0.6) is 0 Å². The highest BCUT2D eigenvalue weighted by Gasteiger charge is 2.18. The summed E-state index contributed by atoms with van der Waals surface area (Å²) in [4.78, 5) is 33.1. The summed E-state index contributed by atoms with van der Waals surface area (Å²) in [6.07, 6.45) is 1.14. The number of pyridine rings is 1. The highest BCUT2D eigenvalue weighted by Crippen LogP contribution is 2.28. The Morgan fingerprint density at radius 1 is 1.45 bits per heavy atom. The minimum Gasteiger partial charge on any atom is -0.545 e. The van der Waals surface area contributed by atoms with E-state index in [2.05, 4.69) is 0 Å². The number of carboxylic acid groups (broad SMARTS) is 1. The second kappa shape index (κ2) is 4.93. The van der Waals surface area contributed by atoms with Crippen LogP contribution in [0.3, 0.4) is 0 Å². The summed E-state index contributed by atoms with van der Waals surface area (Å²) in [6.45, 7) is 2.10. The number of hydrogen-bond donors (Lipinski definition) is 0. The van der Waals surface area contributed by atoms with E-state index in [0.717, 1.165) is 12.3 Å². The molecule has 1 aromatic carbocycles. The van der Waals surface area contributed by atoms with Crippen molar-refractivity contribution in [1.29, 1.82) is 0 Å². The lowest BCUT2D eigenvalue weighted by molar-refractivity contribution is -0.384. The van der Waals surface area contributed by atoms with Gasteiger partial charge in [0.15, 0.2) is 5.43 Å². The molecule has 0 aliphatic carbocycles. The third kappa shape index (κ3) is 2.12. The lowest BCUT2D eigenvalue weighted by Gasteiger charge is -2.12. The Morgan fingerprint density at radius 3 is 2.60 bits per heavy atom. The summed E-state index contributed by atoms with van der Waals surface area (Å²) >= 11 is 5.80. The molecule has 104 valence electrons. The highest BCUT2D eigenvalue weighted by molar-refractivity contribution is 6.33. The van der Waals surface area contributed by atoms with E-state index in [9.17, 15) is 24.8 Å². The predicted molar refractivity (Wildman–Crippen MR) is 69.9 cm³/mol. The number of hydrogen-bond acceptors (Lipinski definition) is 5. The second-order valence-corrected chi connectivity index (χ2v) is 4.43. The molecule has 2 aromatic rings. The Hall–Kier alpha value is -2.41. The number of aryl methyl sites for hydroxylation is 1. The van der Waals surface area contributed by atoms with E-state index in [1.54, 1.807) is 6.92 Å². The lowest BCUT2D eigenvalue weighted by atomic mass is 10.1. The zero-order chi connectivity index (χ0) is 15.0. The van der Waals surface area contributed by atoms with E-state index in [1.165, 1.54) is 10.6 Å². The number of halogens is 1. The largest absolute Gasteiger partial charge is 0.545 e. The fraction of sp³-hybridized carbons (Fsp3) is 0.167. The van der Waals surface area contributed by atoms with Crippen LogP contribution < -0.4 is 10.5 Å². The number of nitro groups is 1. The van der Waals surface area contributed by atoms with E-state index in [1.807, 2.05) is 0 Å². The van der Waals surface area contributed by atoms with Crippen LogP contribution in [0.2, 0.25) is 5.02 Å².